The van der Waals surface area contributed by atoms with Gasteiger partial charge in [-0.25, -0.2) is 9.97 Å². The summed E-state index contributed by atoms with van der Waals surface area (Å²) in [4.78, 5) is 9.83. The maximum atomic E-state index is 14.4. The van der Waals surface area contributed by atoms with Gasteiger partial charge in [-0.3, -0.25) is 0 Å². The number of hydrogen-bond acceptors (Lipinski definition) is 3. The van der Waals surface area contributed by atoms with E-state index < -0.39 is 47.0 Å². The molecule has 3 heterocycles. The third-order valence-electron chi connectivity index (χ3n) is 12.9. The number of nitriles is 1. The van der Waals surface area contributed by atoms with Gasteiger partial charge in [0.1, 0.15) is 0 Å². The predicted octanol–water partition coefficient (Wildman–Crippen LogP) is 17.3. The van der Waals surface area contributed by atoms with Crippen molar-refractivity contribution in [3.63, 3.8) is 0 Å². The van der Waals surface area contributed by atoms with E-state index in [2.05, 4.69) is 6.07 Å². The van der Waals surface area contributed by atoms with Crippen LogP contribution in [0.25, 0.3) is 100 Å². The van der Waals surface area contributed by atoms with Crippen molar-refractivity contribution >= 4 is 43.6 Å². The van der Waals surface area contributed by atoms with Crippen LogP contribution in [0.5, 0.6) is 0 Å². The Kier molecular flexibility index (Phi) is 11.0. The average molecular weight is 1010 g/mol. The van der Waals surface area contributed by atoms with Gasteiger partial charge in [0.2, 0.25) is 0 Å². The quantitative estimate of drug-likeness (QED) is 0.156. The van der Waals surface area contributed by atoms with Crippen molar-refractivity contribution in [1.29, 1.82) is 5.26 Å². The normalized spacial score (nSPS) is 12.6. The highest BCUT2D eigenvalue weighted by molar-refractivity contribution is 6.12. The fourth-order valence-electron chi connectivity index (χ4n) is 9.46. The molecular formula is C57H29F12N5. The fraction of sp³-hybridized carbons (Fsp3) is 0.0702. The van der Waals surface area contributed by atoms with Crippen molar-refractivity contribution in [3.05, 3.63) is 204 Å². The van der Waals surface area contributed by atoms with E-state index >= 15 is 0 Å². The Hall–Kier alpha value is -8.91. The summed E-state index contributed by atoms with van der Waals surface area (Å²) in [6, 6.07) is 41.7. The number of benzene rings is 8. The first-order valence-electron chi connectivity index (χ1n) is 22.3. The van der Waals surface area contributed by atoms with E-state index in [1.165, 1.54) is 27.3 Å². The molecule has 0 fully saturated rings. The number of fused-ring (bicyclic) bond motifs is 6. The summed E-state index contributed by atoms with van der Waals surface area (Å²) in [6.07, 6.45) is -19.6. The van der Waals surface area contributed by atoms with Gasteiger partial charge < -0.3 is 9.13 Å². The molecule has 3 aromatic heterocycles. The second-order valence-electron chi connectivity index (χ2n) is 17.4. The van der Waals surface area contributed by atoms with Crippen molar-refractivity contribution in [2.24, 2.45) is 0 Å². The van der Waals surface area contributed by atoms with Crippen LogP contribution in [0.4, 0.5) is 52.7 Å². The van der Waals surface area contributed by atoms with Crippen LogP contribution >= 0.6 is 0 Å². The van der Waals surface area contributed by atoms with E-state index in [-0.39, 0.29) is 71.7 Å². The van der Waals surface area contributed by atoms with E-state index in [9.17, 15) is 57.9 Å². The summed E-state index contributed by atoms with van der Waals surface area (Å²) in [5, 5.41) is 9.66. The lowest BCUT2D eigenvalue weighted by Gasteiger charge is -2.20. The Labute approximate surface area is 410 Å². The van der Waals surface area contributed by atoms with Crippen LogP contribution < -0.4 is 0 Å². The first-order valence-corrected chi connectivity index (χ1v) is 22.3. The third-order valence-corrected chi connectivity index (χ3v) is 12.9. The molecule has 0 aliphatic rings. The fourth-order valence-corrected chi connectivity index (χ4v) is 9.46. The summed E-state index contributed by atoms with van der Waals surface area (Å²) in [6.45, 7) is 0. The minimum Gasteiger partial charge on any atom is -0.309 e. The molecule has 17 heteroatoms. The second kappa shape index (κ2) is 17.1. The molecule has 0 saturated carbocycles. The molecule has 11 aromatic rings. The lowest BCUT2D eigenvalue weighted by atomic mass is 9.95. The lowest BCUT2D eigenvalue weighted by molar-refractivity contribution is -0.138. The van der Waals surface area contributed by atoms with Gasteiger partial charge in [0, 0.05) is 49.4 Å². The van der Waals surface area contributed by atoms with Crippen LogP contribution in [0.1, 0.15) is 27.8 Å². The molecule has 0 N–H and O–H groups in total. The van der Waals surface area contributed by atoms with Crippen LogP contribution in [0.3, 0.4) is 0 Å². The summed E-state index contributed by atoms with van der Waals surface area (Å²) < 4.78 is 175. The lowest BCUT2D eigenvalue weighted by Crippen LogP contribution is -2.06. The molecule has 0 aliphatic heterocycles. The van der Waals surface area contributed by atoms with Crippen LogP contribution in [0.15, 0.2) is 176 Å². The van der Waals surface area contributed by atoms with Gasteiger partial charge in [0.15, 0.2) is 5.82 Å². The van der Waals surface area contributed by atoms with E-state index in [0.29, 0.717) is 33.9 Å². The van der Waals surface area contributed by atoms with Crippen LogP contribution in [0, 0.1) is 11.3 Å². The van der Waals surface area contributed by atoms with Gasteiger partial charge in [0.25, 0.3) is 0 Å². The maximum absolute atomic E-state index is 14.4. The zero-order chi connectivity index (χ0) is 52.1. The van der Waals surface area contributed by atoms with Crippen LogP contribution in [0.2, 0.25) is 0 Å². The maximum Gasteiger partial charge on any atom is 0.416 e. The Bertz CT molecular complexity index is 3880. The summed E-state index contributed by atoms with van der Waals surface area (Å²) >= 11 is 0. The molecule has 0 saturated heterocycles. The molecule has 0 amide bonds. The predicted molar refractivity (Wildman–Crippen MR) is 257 cm³/mol. The molecule has 0 bridgehead atoms. The Balaban J connectivity index is 1.27. The van der Waals surface area contributed by atoms with Crippen LogP contribution in [-0.4, -0.2) is 19.1 Å². The largest absolute Gasteiger partial charge is 0.416 e. The van der Waals surface area contributed by atoms with E-state index in [1.807, 2.05) is 36.4 Å². The van der Waals surface area contributed by atoms with Crippen molar-refractivity contribution in [3.8, 4) is 62.5 Å². The van der Waals surface area contributed by atoms with Crippen molar-refractivity contribution in [2.45, 2.75) is 24.7 Å². The average Bonchev–Trinajstić information content (AvgIpc) is 3.89. The highest BCUT2D eigenvalue weighted by atomic mass is 19.4. The molecule has 366 valence electrons. The molecule has 5 nitrogen and oxygen atoms in total. The van der Waals surface area contributed by atoms with Gasteiger partial charge in [-0.15, -0.1) is 0 Å². The molecule has 11 rings (SSSR count). The van der Waals surface area contributed by atoms with Gasteiger partial charge in [0.05, 0.1) is 78.7 Å². The summed E-state index contributed by atoms with van der Waals surface area (Å²) in [5.74, 6) is 0.310. The van der Waals surface area contributed by atoms with Gasteiger partial charge in [-0.1, -0.05) is 66.7 Å². The van der Waals surface area contributed by atoms with Crippen molar-refractivity contribution < 1.29 is 52.7 Å². The van der Waals surface area contributed by atoms with E-state index in [4.69, 9.17) is 9.97 Å². The molecule has 0 aliphatic carbocycles. The smallest absolute Gasteiger partial charge is 0.309 e. The molecule has 74 heavy (non-hydrogen) atoms. The van der Waals surface area contributed by atoms with Gasteiger partial charge in [-0.05, 0) is 109 Å². The topological polar surface area (TPSA) is 59.4 Å². The third kappa shape index (κ3) is 8.31. The van der Waals surface area contributed by atoms with E-state index in [1.54, 1.807) is 48.5 Å². The minimum absolute atomic E-state index is 0.0306. The van der Waals surface area contributed by atoms with Crippen molar-refractivity contribution in [1.82, 2.24) is 19.1 Å². The number of rotatable bonds is 6. The molecule has 8 aromatic carbocycles. The zero-order valence-electron chi connectivity index (χ0n) is 37.5. The highest BCUT2D eigenvalue weighted by Crippen LogP contribution is 2.46. The Morgan fingerprint density at radius 3 is 1.11 bits per heavy atom. The number of aromatic nitrogens is 4. The SMILES string of the molecule is N#Cc1ccc(-n2c3ccc(C(F)(F)F)cc3c3cc(C(F)(F)F)ccc32)c(-c2cc(-c3cc(-c4ccccc4)nc(-c4ccccc4)n3)ccc2-n2c3ccc(C(F)(F)F)cc3c3cc(C(F)(F)F)ccc32)c1. The first kappa shape index (κ1) is 47.4. The molecular weight excluding hydrogens is 983 g/mol. The van der Waals surface area contributed by atoms with Crippen LogP contribution in [-0.2, 0) is 24.7 Å². The highest BCUT2D eigenvalue weighted by Gasteiger charge is 2.36. The zero-order valence-corrected chi connectivity index (χ0v) is 37.5. The molecule has 0 unspecified atom stereocenters. The number of hydrogen-bond donors (Lipinski definition) is 0. The first-order chi connectivity index (χ1) is 35.2. The summed E-state index contributed by atoms with van der Waals surface area (Å²) in [5.41, 5.74) is -1.23. The number of alkyl halides is 12. The van der Waals surface area contributed by atoms with E-state index in [0.717, 1.165) is 72.8 Å². The number of nitrogens with zero attached hydrogens (tertiary/aromatic N) is 5. The Morgan fingerprint density at radius 1 is 0.351 bits per heavy atom. The van der Waals surface area contributed by atoms with Gasteiger partial charge in [-0.2, -0.15) is 57.9 Å². The molecule has 0 spiro atoms. The molecule has 0 radical (unpaired) electrons. The number of halogens is 12. The second-order valence-corrected chi connectivity index (χ2v) is 17.4. The minimum atomic E-state index is -4.90. The summed E-state index contributed by atoms with van der Waals surface area (Å²) in [7, 11) is 0. The molecule has 0 atom stereocenters. The van der Waals surface area contributed by atoms with Crippen molar-refractivity contribution in [2.75, 3.05) is 0 Å². The Morgan fingerprint density at radius 2 is 0.716 bits per heavy atom. The van der Waals surface area contributed by atoms with Gasteiger partial charge >= 0.3 is 24.7 Å². The standard InChI is InChI=1S/C57H29F12N5/c58-54(59,60)35-13-19-49-41(25-35)42-26-36(55(61,62)63)14-20-50(42)73(49)47-17-11-31(30-70)23-39(47)40-24-34(46-29-45(32-7-3-1-4-8-32)71-53(72-46)33-9-5-2-6-10-33)12-18-48(40)74-51-21-15-37(56(64,65)66)27-43(51)44-28-38(57(67,68)69)16-22-52(44)74/h1-29H. The monoisotopic (exact) mass is 1010 g/mol.